The number of halogens is 1. The van der Waals surface area contributed by atoms with Crippen molar-refractivity contribution < 1.29 is 14.3 Å². The summed E-state index contributed by atoms with van der Waals surface area (Å²) in [6.07, 6.45) is 0.442. The van der Waals surface area contributed by atoms with E-state index in [4.69, 9.17) is 9.47 Å². The fourth-order valence-electron chi connectivity index (χ4n) is 1.44. The van der Waals surface area contributed by atoms with Gasteiger partial charge in [0.25, 0.3) is 0 Å². The Morgan fingerprint density at radius 3 is 2.50 bits per heavy atom. The topological polar surface area (TPSA) is 47.6 Å². The van der Waals surface area contributed by atoms with Gasteiger partial charge >= 0.3 is 0 Å². The van der Waals surface area contributed by atoms with Crippen LogP contribution < -0.4 is 14.8 Å². The minimum Gasteiger partial charge on any atom is -0.490 e. The third kappa shape index (κ3) is 4.56. The molecule has 1 aromatic carbocycles. The maximum atomic E-state index is 11.5. The molecule has 0 bridgehead atoms. The second kappa shape index (κ2) is 7.97. The fourth-order valence-corrected chi connectivity index (χ4v) is 1.80. The third-order valence-corrected chi connectivity index (χ3v) is 2.55. The molecule has 5 heteroatoms. The highest BCUT2D eigenvalue weighted by atomic mass is 79.9. The first-order valence-corrected chi connectivity index (χ1v) is 7.08. The Morgan fingerprint density at radius 2 is 1.89 bits per heavy atom. The Bertz CT molecular complexity index is 396. The van der Waals surface area contributed by atoms with E-state index in [-0.39, 0.29) is 5.91 Å². The molecule has 0 spiro atoms. The Kier molecular flexibility index (Phi) is 6.57. The van der Waals surface area contributed by atoms with Crippen LogP contribution in [0.3, 0.4) is 0 Å². The standard InChI is InChI=1S/C13H18BrNO3/c1-3-17-11-6-5-10(9-12(11)18-4-2)15-13(16)7-8-14/h5-6,9H,3-4,7-8H2,1-2H3,(H,15,16). The van der Waals surface area contributed by atoms with Crippen LogP contribution in [0.2, 0.25) is 0 Å². The van der Waals surface area contributed by atoms with Gasteiger partial charge in [-0.05, 0) is 26.0 Å². The van der Waals surface area contributed by atoms with Crippen LogP contribution in [0.5, 0.6) is 11.5 Å². The largest absolute Gasteiger partial charge is 0.490 e. The molecular formula is C13H18BrNO3. The molecule has 0 aliphatic rings. The molecule has 0 aliphatic heterocycles. The van der Waals surface area contributed by atoms with Gasteiger partial charge in [-0.1, -0.05) is 15.9 Å². The maximum Gasteiger partial charge on any atom is 0.225 e. The van der Waals surface area contributed by atoms with E-state index in [0.29, 0.717) is 42.2 Å². The molecule has 0 saturated carbocycles. The number of anilines is 1. The molecule has 0 aliphatic carbocycles. The molecule has 18 heavy (non-hydrogen) atoms. The summed E-state index contributed by atoms with van der Waals surface area (Å²) in [4.78, 5) is 11.5. The summed E-state index contributed by atoms with van der Waals surface area (Å²) in [5.41, 5.74) is 0.716. The van der Waals surface area contributed by atoms with E-state index in [0.717, 1.165) is 0 Å². The summed E-state index contributed by atoms with van der Waals surface area (Å²) in [6, 6.07) is 5.39. The highest BCUT2D eigenvalue weighted by Gasteiger charge is 2.08. The van der Waals surface area contributed by atoms with E-state index < -0.39 is 0 Å². The predicted octanol–water partition coefficient (Wildman–Crippen LogP) is 3.21. The average molecular weight is 316 g/mol. The zero-order chi connectivity index (χ0) is 13.4. The van der Waals surface area contributed by atoms with Gasteiger partial charge in [0, 0.05) is 23.5 Å². The second-order valence-corrected chi connectivity index (χ2v) is 4.31. The molecule has 0 atom stereocenters. The molecule has 100 valence electrons. The molecule has 1 N–H and O–H groups in total. The van der Waals surface area contributed by atoms with Gasteiger partial charge in [-0.15, -0.1) is 0 Å². The van der Waals surface area contributed by atoms with Crippen LogP contribution >= 0.6 is 15.9 Å². The lowest BCUT2D eigenvalue weighted by molar-refractivity contribution is -0.115. The molecule has 0 heterocycles. The summed E-state index contributed by atoms with van der Waals surface area (Å²) >= 11 is 3.23. The zero-order valence-corrected chi connectivity index (χ0v) is 12.2. The summed E-state index contributed by atoms with van der Waals surface area (Å²) in [5, 5.41) is 3.45. The lowest BCUT2D eigenvalue weighted by Gasteiger charge is -2.12. The smallest absolute Gasteiger partial charge is 0.225 e. The molecular weight excluding hydrogens is 298 g/mol. The number of carbonyl (C=O) groups is 1. The molecule has 0 radical (unpaired) electrons. The van der Waals surface area contributed by atoms with Gasteiger partial charge in [0.1, 0.15) is 0 Å². The Hall–Kier alpha value is -1.23. The number of amides is 1. The molecule has 0 saturated heterocycles. The van der Waals surface area contributed by atoms with Gasteiger partial charge in [0.2, 0.25) is 5.91 Å². The predicted molar refractivity (Wildman–Crippen MR) is 75.8 cm³/mol. The Labute approximate surface area is 116 Å². The summed E-state index contributed by atoms with van der Waals surface area (Å²) in [6.45, 7) is 4.96. The first-order valence-electron chi connectivity index (χ1n) is 5.96. The maximum absolute atomic E-state index is 11.5. The molecule has 1 rings (SSSR count). The van der Waals surface area contributed by atoms with Crippen LogP contribution in [0.1, 0.15) is 20.3 Å². The number of nitrogens with one attached hydrogen (secondary N) is 1. The molecule has 1 aromatic rings. The summed E-state index contributed by atoms with van der Waals surface area (Å²) in [5.74, 6) is 1.31. The van der Waals surface area contributed by atoms with Gasteiger partial charge in [0.05, 0.1) is 13.2 Å². The second-order valence-electron chi connectivity index (χ2n) is 3.51. The van der Waals surface area contributed by atoms with Crippen molar-refractivity contribution in [3.8, 4) is 11.5 Å². The van der Waals surface area contributed by atoms with E-state index in [1.807, 2.05) is 13.8 Å². The van der Waals surface area contributed by atoms with Gasteiger partial charge in [-0.25, -0.2) is 0 Å². The molecule has 1 amide bonds. The first kappa shape index (κ1) is 14.8. The van der Waals surface area contributed by atoms with Crippen LogP contribution in [0.15, 0.2) is 18.2 Å². The van der Waals surface area contributed by atoms with Crippen LogP contribution in [-0.4, -0.2) is 24.5 Å². The Balaban J connectivity index is 2.81. The SMILES string of the molecule is CCOc1ccc(NC(=O)CCBr)cc1OCC. The van der Waals surface area contributed by atoms with Crippen molar-refractivity contribution in [2.45, 2.75) is 20.3 Å². The van der Waals surface area contributed by atoms with E-state index >= 15 is 0 Å². The van der Waals surface area contributed by atoms with Crippen molar-refractivity contribution in [2.24, 2.45) is 0 Å². The van der Waals surface area contributed by atoms with Crippen molar-refractivity contribution in [1.29, 1.82) is 0 Å². The zero-order valence-electron chi connectivity index (χ0n) is 10.7. The number of ether oxygens (including phenoxy) is 2. The summed E-state index contributed by atoms with van der Waals surface area (Å²) in [7, 11) is 0. The highest BCUT2D eigenvalue weighted by molar-refractivity contribution is 9.09. The van der Waals surface area contributed by atoms with Gasteiger partial charge in [-0.2, -0.15) is 0 Å². The average Bonchev–Trinajstić information content (AvgIpc) is 2.33. The lowest BCUT2D eigenvalue weighted by Crippen LogP contribution is -2.11. The number of hydrogen-bond acceptors (Lipinski definition) is 3. The van der Waals surface area contributed by atoms with E-state index in [9.17, 15) is 4.79 Å². The van der Waals surface area contributed by atoms with E-state index in [1.165, 1.54) is 0 Å². The summed E-state index contributed by atoms with van der Waals surface area (Å²) < 4.78 is 10.9. The van der Waals surface area contributed by atoms with Crippen LogP contribution in [0.4, 0.5) is 5.69 Å². The van der Waals surface area contributed by atoms with Gasteiger partial charge in [-0.3, -0.25) is 4.79 Å². The van der Waals surface area contributed by atoms with Crippen molar-refractivity contribution in [3.63, 3.8) is 0 Å². The quantitative estimate of drug-likeness (QED) is 0.786. The molecule has 0 unspecified atom stereocenters. The monoisotopic (exact) mass is 315 g/mol. The van der Waals surface area contributed by atoms with Crippen molar-refractivity contribution in [1.82, 2.24) is 0 Å². The molecule has 0 aromatic heterocycles. The van der Waals surface area contributed by atoms with Crippen molar-refractivity contribution in [3.05, 3.63) is 18.2 Å². The lowest BCUT2D eigenvalue weighted by atomic mass is 10.2. The number of rotatable bonds is 7. The highest BCUT2D eigenvalue weighted by Crippen LogP contribution is 2.30. The van der Waals surface area contributed by atoms with Crippen LogP contribution in [0, 0.1) is 0 Å². The number of benzene rings is 1. The minimum atomic E-state index is -0.0292. The van der Waals surface area contributed by atoms with Crippen molar-refractivity contribution >= 4 is 27.5 Å². The van der Waals surface area contributed by atoms with Gasteiger partial charge < -0.3 is 14.8 Å². The number of carbonyl (C=O) groups excluding carboxylic acids is 1. The fraction of sp³-hybridized carbons (Fsp3) is 0.462. The first-order chi connectivity index (χ1) is 8.71. The molecule has 4 nitrogen and oxygen atoms in total. The van der Waals surface area contributed by atoms with Crippen LogP contribution in [-0.2, 0) is 4.79 Å². The third-order valence-electron chi connectivity index (χ3n) is 2.15. The van der Waals surface area contributed by atoms with Crippen LogP contribution in [0.25, 0.3) is 0 Å². The van der Waals surface area contributed by atoms with Gasteiger partial charge in [0.15, 0.2) is 11.5 Å². The number of hydrogen-bond donors (Lipinski definition) is 1. The minimum absolute atomic E-state index is 0.0292. The number of alkyl halides is 1. The molecule has 0 fully saturated rings. The Morgan fingerprint density at radius 1 is 1.22 bits per heavy atom. The van der Waals surface area contributed by atoms with E-state index in [2.05, 4.69) is 21.2 Å². The van der Waals surface area contributed by atoms with E-state index in [1.54, 1.807) is 18.2 Å². The normalized spacial score (nSPS) is 9.94. The van der Waals surface area contributed by atoms with Crippen molar-refractivity contribution in [2.75, 3.05) is 23.9 Å².